The van der Waals surface area contributed by atoms with Gasteiger partial charge in [0, 0.05) is 6.54 Å². The van der Waals surface area contributed by atoms with E-state index in [1.165, 1.54) is 11.0 Å². The Morgan fingerprint density at radius 1 is 1.22 bits per heavy atom. The summed E-state index contributed by atoms with van der Waals surface area (Å²) < 4.78 is 20.1. The lowest BCUT2D eigenvalue weighted by molar-refractivity contribution is -0.127. The van der Waals surface area contributed by atoms with Gasteiger partial charge in [0.25, 0.3) is 5.24 Å². The fraction of sp³-hybridized carbons (Fsp3) is 0.318. The van der Waals surface area contributed by atoms with Crippen molar-refractivity contribution < 1.29 is 23.5 Å². The number of hydrogen-bond donors (Lipinski definition) is 2. The second-order valence-electron chi connectivity index (χ2n) is 7.85. The highest BCUT2D eigenvalue weighted by Gasteiger charge is 2.34. The molecule has 32 heavy (non-hydrogen) atoms. The third kappa shape index (κ3) is 4.80. The van der Waals surface area contributed by atoms with Crippen molar-refractivity contribution in [2.24, 2.45) is 0 Å². The first-order valence-corrected chi connectivity index (χ1v) is 10.6. The maximum absolute atomic E-state index is 14.9. The summed E-state index contributed by atoms with van der Waals surface area (Å²) in [5.74, 6) is -0.612. The summed E-state index contributed by atoms with van der Waals surface area (Å²) >= 11 is 3.61. The van der Waals surface area contributed by atoms with Crippen LogP contribution in [-0.4, -0.2) is 54.5 Å². The molecule has 2 aliphatic rings. The van der Waals surface area contributed by atoms with Gasteiger partial charge in [-0.05, 0) is 30.7 Å². The number of carbonyl (C=O) groups is 3. The number of nitrogens with one attached hydrogen (secondary N) is 1. The van der Waals surface area contributed by atoms with Crippen LogP contribution in [-0.2, 0) is 16.1 Å². The van der Waals surface area contributed by atoms with Gasteiger partial charge in [0.05, 0.1) is 37.7 Å². The summed E-state index contributed by atoms with van der Waals surface area (Å²) in [5, 5.41) is 1.95. The highest BCUT2D eigenvalue weighted by molar-refractivity contribution is 7.96. The number of thiol groups is 1. The molecule has 8 nitrogen and oxygen atoms in total. The van der Waals surface area contributed by atoms with E-state index in [4.69, 9.17) is 4.74 Å². The van der Waals surface area contributed by atoms with E-state index in [0.29, 0.717) is 17.9 Å². The Morgan fingerprint density at radius 2 is 1.97 bits per heavy atom. The third-order valence-electron chi connectivity index (χ3n) is 5.45. The predicted molar refractivity (Wildman–Crippen MR) is 120 cm³/mol. The molecule has 1 atom stereocenters. The van der Waals surface area contributed by atoms with Crippen LogP contribution in [0.3, 0.4) is 0 Å². The van der Waals surface area contributed by atoms with E-state index in [1.807, 2.05) is 31.2 Å². The maximum Gasteiger partial charge on any atom is 0.414 e. The van der Waals surface area contributed by atoms with Crippen LogP contribution in [0.5, 0.6) is 0 Å². The fourth-order valence-electron chi connectivity index (χ4n) is 3.77. The van der Waals surface area contributed by atoms with Crippen molar-refractivity contribution in [2.75, 3.05) is 36.1 Å². The van der Waals surface area contributed by atoms with E-state index >= 15 is 0 Å². The molecule has 0 bridgehead atoms. The molecule has 0 saturated carbocycles. The molecule has 0 unspecified atom stereocenters. The number of hydrogen-bond acceptors (Lipinski definition) is 5. The van der Waals surface area contributed by atoms with E-state index in [0.717, 1.165) is 11.1 Å². The molecule has 0 radical (unpaired) electrons. The predicted octanol–water partition coefficient (Wildman–Crippen LogP) is 2.91. The van der Waals surface area contributed by atoms with Crippen molar-refractivity contribution in [1.29, 1.82) is 0 Å². The zero-order chi connectivity index (χ0) is 22.8. The number of aryl methyl sites for hydroxylation is 1. The molecule has 4 rings (SSSR count). The molecule has 2 fully saturated rings. The van der Waals surface area contributed by atoms with E-state index < -0.39 is 23.3 Å². The summed E-state index contributed by atoms with van der Waals surface area (Å²) in [6.07, 6.45) is -1.16. The molecule has 0 spiro atoms. The Bertz CT molecular complexity index is 1050. The van der Waals surface area contributed by atoms with Gasteiger partial charge < -0.3 is 19.9 Å². The lowest BCUT2D eigenvalue weighted by Crippen LogP contribution is -2.32. The monoisotopic (exact) mass is 458 g/mol. The van der Waals surface area contributed by atoms with Crippen LogP contribution >= 0.6 is 12.6 Å². The van der Waals surface area contributed by atoms with Gasteiger partial charge in [-0.15, -0.1) is 0 Å². The first-order valence-electron chi connectivity index (χ1n) is 10.1. The third-order valence-corrected chi connectivity index (χ3v) is 5.61. The Balaban J connectivity index is 1.42. The van der Waals surface area contributed by atoms with Crippen LogP contribution in [0.25, 0.3) is 0 Å². The largest absolute Gasteiger partial charge is 0.442 e. The van der Waals surface area contributed by atoms with Crippen LogP contribution in [0.4, 0.5) is 25.4 Å². The van der Waals surface area contributed by atoms with Crippen LogP contribution in [0.15, 0.2) is 42.5 Å². The molecule has 3 amide bonds. The summed E-state index contributed by atoms with van der Waals surface area (Å²) in [5.41, 5.74) is 2.79. The standard InChI is InChI=1S/C22H23FN4O4S/c1-14-2-4-15(5-3-14)10-26-13-25(12-20(26)28)19-7-6-16(8-18(19)23)27-11-17(31-22(27)30)9-24-21(29)32/h2-8,17H,9-13H2,1H3,(H2,24,29,32)/t17-/m0/s1. The van der Waals surface area contributed by atoms with Gasteiger partial charge in [-0.3, -0.25) is 14.5 Å². The minimum absolute atomic E-state index is 0.0775. The summed E-state index contributed by atoms with van der Waals surface area (Å²) in [4.78, 5) is 40.2. The number of amides is 3. The van der Waals surface area contributed by atoms with Crippen molar-refractivity contribution in [2.45, 2.75) is 19.6 Å². The fourth-order valence-corrected chi connectivity index (χ4v) is 3.86. The minimum Gasteiger partial charge on any atom is -0.442 e. The molecule has 2 saturated heterocycles. The topological polar surface area (TPSA) is 82.2 Å². The van der Waals surface area contributed by atoms with Crippen LogP contribution < -0.4 is 15.1 Å². The number of halogens is 1. The van der Waals surface area contributed by atoms with Crippen LogP contribution in [0.2, 0.25) is 0 Å². The lowest BCUT2D eigenvalue weighted by atomic mass is 10.1. The first kappa shape index (κ1) is 21.9. The number of cyclic esters (lactones) is 1. The molecule has 2 heterocycles. The molecule has 0 aliphatic carbocycles. The highest BCUT2D eigenvalue weighted by atomic mass is 32.1. The zero-order valence-electron chi connectivity index (χ0n) is 17.5. The van der Waals surface area contributed by atoms with Crippen molar-refractivity contribution in [1.82, 2.24) is 10.2 Å². The molecule has 2 aromatic carbocycles. The van der Waals surface area contributed by atoms with Crippen LogP contribution in [0, 0.1) is 12.7 Å². The van der Waals surface area contributed by atoms with E-state index in [-0.39, 0.29) is 32.2 Å². The lowest BCUT2D eigenvalue weighted by Gasteiger charge is -2.21. The number of anilines is 2. The molecule has 2 aromatic rings. The first-order chi connectivity index (χ1) is 15.3. The molecule has 10 heteroatoms. The van der Waals surface area contributed by atoms with Crippen molar-refractivity contribution in [3.63, 3.8) is 0 Å². The Kier molecular flexibility index (Phi) is 6.22. The molecule has 2 aliphatic heterocycles. The Labute approximate surface area is 190 Å². The maximum atomic E-state index is 14.9. The molecule has 0 aromatic heterocycles. The average molecular weight is 459 g/mol. The number of ether oxygens (including phenoxy) is 1. The number of benzene rings is 2. The van der Waals surface area contributed by atoms with Gasteiger partial charge in [-0.2, -0.15) is 0 Å². The van der Waals surface area contributed by atoms with Gasteiger partial charge in [0.2, 0.25) is 5.91 Å². The Hall–Kier alpha value is -3.27. The summed E-state index contributed by atoms with van der Waals surface area (Å²) in [6.45, 7) is 3.12. The summed E-state index contributed by atoms with van der Waals surface area (Å²) in [7, 11) is 0. The van der Waals surface area contributed by atoms with Gasteiger partial charge >= 0.3 is 6.09 Å². The molecule has 1 N–H and O–H groups in total. The van der Waals surface area contributed by atoms with E-state index in [9.17, 15) is 18.8 Å². The van der Waals surface area contributed by atoms with Gasteiger partial charge in [0.15, 0.2) is 0 Å². The SMILES string of the molecule is Cc1ccc(CN2CN(c3ccc(N4C[C@H](CNC(=O)S)OC4=O)cc3F)CC2=O)cc1. The Morgan fingerprint density at radius 3 is 2.66 bits per heavy atom. The molecular formula is C22H23FN4O4S. The normalized spacial score (nSPS) is 18.3. The van der Waals surface area contributed by atoms with E-state index in [1.54, 1.807) is 21.9 Å². The summed E-state index contributed by atoms with van der Waals surface area (Å²) in [6, 6.07) is 12.4. The number of rotatable bonds is 6. The average Bonchev–Trinajstić information content (AvgIpc) is 3.30. The van der Waals surface area contributed by atoms with Crippen molar-refractivity contribution in [3.8, 4) is 0 Å². The van der Waals surface area contributed by atoms with Gasteiger partial charge in [-0.1, -0.05) is 42.5 Å². The van der Waals surface area contributed by atoms with Crippen molar-refractivity contribution in [3.05, 3.63) is 59.4 Å². The number of nitrogens with zero attached hydrogens (tertiary/aromatic N) is 3. The molecule has 168 valence electrons. The minimum atomic E-state index is -0.615. The van der Waals surface area contributed by atoms with Gasteiger partial charge in [-0.25, -0.2) is 9.18 Å². The smallest absolute Gasteiger partial charge is 0.414 e. The van der Waals surface area contributed by atoms with Crippen LogP contribution in [0.1, 0.15) is 11.1 Å². The zero-order valence-corrected chi connectivity index (χ0v) is 18.3. The van der Waals surface area contributed by atoms with E-state index in [2.05, 4.69) is 17.9 Å². The quantitative estimate of drug-likeness (QED) is 0.651. The highest BCUT2D eigenvalue weighted by Crippen LogP contribution is 2.29. The van der Waals surface area contributed by atoms with Gasteiger partial charge in [0.1, 0.15) is 11.9 Å². The second-order valence-corrected chi connectivity index (χ2v) is 8.26. The molecular weight excluding hydrogens is 435 g/mol. The number of carbonyl (C=O) groups excluding carboxylic acids is 3. The van der Waals surface area contributed by atoms with Crippen molar-refractivity contribution >= 4 is 41.2 Å². The second kappa shape index (κ2) is 9.07.